The summed E-state index contributed by atoms with van der Waals surface area (Å²) in [5, 5.41) is 8.19. The fourth-order valence-electron chi connectivity index (χ4n) is 3.15. The van der Waals surface area contributed by atoms with Crippen LogP contribution in [0.25, 0.3) is 5.69 Å². The molecule has 0 aliphatic heterocycles. The van der Waals surface area contributed by atoms with Crippen molar-refractivity contribution in [1.82, 2.24) is 9.78 Å². The summed E-state index contributed by atoms with van der Waals surface area (Å²) in [6.07, 6.45) is 0.201. The number of nitrogens with one attached hydrogen (secondary N) is 1. The van der Waals surface area contributed by atoms with E-state index in [1.165, 1.54) is 0 Å². The summed E-state index contributed by atoms with van der Waals surface area (Å²) in [5.74, 6) is 1.04. The van der Waals surface area contributed by atoms with Crippen molar-refractivity contribution in [3.05, 3.63) is 63.9 Å². The predicted octanol–water partition coefficient (Wildman–Crippen LogP) is 4.65. The van der Waals surface area contributed by atoms with E-state index in [9.17, 15) is 4.79 Å². The maximum absolute atomic E-state index is 12.7. The van der Waals surface area contributed by atoms with Gasteiger partial charge in [-0.15, -0.1) is 0 Å². The molecule has 3 rings (SSSR count). The molecule has 1 aromatic heterocycles. The number of aryl methyl sites for hydroxylation is 2. The van der Waals surface area contributed by atoms with Gasteiger partial charge in [-0.2, -0.15) is 5.10 Å². The van der Waals surface area contributed by atoms with E-state index in [0.29, 0.717) is 22.2 Å². The highest BCUT2D eigenvalue weighted by atomic mass is 35.5. The highest BCUT2D eigenvalue weighted by Crippen LogP contribution is 2.29. The van der Waals surface area contributed by atoms with Crippen molar-refractivity contribution in [3.8, 4) is 17.2 Å². The Balaban J connectivity index is 1.83. The maximum Gasteiger partial charge on any atom is 0.229 e. The van der Waals surface area contributed by atoms with Crippen LogP contribution >= 0.6 is 11.6 Å². The van der Waals surface area contributed by atoms with E-state index in [4.69, 9.17) is 21.1 Å². The number of carbonyl (C=O) groups is 1. The van der Waals surface area contributed by atoms with Crippen LogP contribution in [-0.2, 0) is 11.2 Å². The minimum atomic E-state index is -0.152. The molecule has 0 saturated heterocycles. The summed E-state index contributed by atoms with van der Waals surface area (Å²) in [4.78, 5) is 12.7. The number of amides is 1. The van der Waals surface area contributed by atoms with Gasteiger partial charge in [-0.25, -0.2) is 4.68 Å². The molecular formula is C22H24ClN3O3. The Morgan fingerprint density at radius 2 is 1.86 bits per heavy atom. The lowest BCUT2D eigenvalue weighted by Gasteiger charge is -2.12. The smallest absolute Gasteiger partial charge is 0.229 e. The first-order chi connectivity index (χ1) is 13.8. The van der Waals surface area contributed by atoms with Crippen molar-refractivity contribution in [2.75, 3.05) is 19.5 Å². The summed E-state index contributed by atoms with van der Waals surface area (Å²) in [6.45, 7) is 5.80. The SMILES string of the molecule is COc1ccc(NC(=O)Cc2c(C)nn(-c3ccc(C)c(Cl)c3)c2C)c(OC)c1. The first-order valence-corrected chi connectivity index (χ1v) is 9.55. The summed E-state index contributed by atoms with van der Waals surface area (Å²) in [5.41, 5.74) is 5.04. The van der Waals surface area contributed by atoms with Crippen molar-refractivity contribution in [2.45, 2.75) is 27.2 Å². The minimum absolute atomic E-state index is 0.152. The zero-order chi connectivity index (χ0) is 21.1. The lowest BCUT2D eigenvalue weighted by molar-refractivity contribution is -0.115. The third-order valence-electron chi connectivity index (χ3n) is 4.86. The molecule has 3 aromatic rings. The van der Waals surface area contributed by atoms with Gasteiger partial charge in [0.05, 0.1) is 37.7 Å². The topological polar surface area (TPSA) is 65.4 Å². The van der Waals surface area contributed by atoms with Crippen LogP contribution < -0.4 is 14.8 Å². The first kappa shape index (κ1) is 20.7. The van der Waals surface area contributed by atoms with E-state index in [0.717, 1.165) is 28.2 Å². The fourth-order valence-corrected chi connectivity index (χ4v) is 3.33. The molecule has 0 saturated carbocycles. The van der Waals surface area contributed by atoms with Gasteiger partial charge in [0.25, 0.3) is 0 Å². The van der Waals surface area contributed by atoms with Crippen molar-refractivity contribution in [2.24, 2.45) is 0 Å². The fraction of sp³-hybridized carbons (Fsp3) is 0.273. The maximum atomic E-state index is 12.7. The highest BCUT2D eigenvalue weighted by molar-refractivity contribution is 6.31. The van der Waals surface area contributed by atoms with Crippen LogP contribution in [0.15, 0.2) is 36.4 Å². The van der Waals surface area contributed by atoms with Gasteiger partial charge >= 0.3 is 0 Å². The Kier molecular flexibility index (Phi) is 6.13. The van der Waals surface area contributed by atoms with Crippen LogP contribution in [0.5, 0.6) is 11.5 Å². The molecule has 6 nitrogen and oxygen atoms in total. The second-order valence-electron chi connectivity index (χ2n) is 6.79. The molecule has 0 unspecified atom stereocenters. The molecule has 0 bridgehead atoms. The number of halogens is 1. The molecule has 0 atom stereocenters. The standard InChI is InChI=1S/C22H24ClN3O3/c1-13-6-7-16(10-19(13)23)26-15(3)18(14(2)25-26)12-22(27)24-20-9-8-17(28-4)11-21(20)29-5/h6-11H,12H2,1-5H3,(H,24,27). The normalized spacial score (nSPS) is 10.7. The lowest BCUT2D eigenvalue weighted by Crippen LogP contribution is -2.16. The first-order valence-electron chi connectivity index (χ1n) is 9.17. The quantitative estimate of drug-likeness (QED) is 0.638. The molecule has 152 valence electrons. The lowest BCUT2D eigenvalue weighted by atomic mass is 10.1. The van der Waals surface area contributed by atoms with E-state index in [1.807, 2.05) is 43.7 Å². The van der Waals surface area contributed by atoms with Crippen molar-refractivity contribution in [1.29, 1.82) is 0 Å². The van der Waals surface area contributed by atoms with Gasteiger partial charge in [-0.3, -0.25) is 4.79 Å². The molecule has 0 aliphatic carbocycles. The molecule has 1 heterocycles. The average molecular weight is 414 g/mol. The summed E-state index contributed by atoms with van der Waals surface area (Å²) in [7, 11) is 3.13. The van der Waals surface area contributed by atoms with Gasteiger partial charge in [-0.1, -0.05) is 17.7 Å². The molecule has 2 aromatic carbocycles. The predicted molar refractivity (Wildman–Crippen MR) is 115 cm³/mol. The number of nitrogens with zero attached hydrogens (tertiary/aromatic N) is 2. The number of rotatable bonds is 6. The van der Waals surface area contributed by atoms with Crippen LogP contribution in [0.1, 0.15) is 22.5 Å². The van der Waals surface area contributed by atoms with Gasteiger partial charge in [0.15, 0.2) is 0 Å². The summed E-state index contributed by atoms with van der Waals surface area (Å²) in [6, 6.07) is 11.1. The van der Waals surface area contributed by atoms with Gasteiger partial charge in [0.2, 0.25) is 5.91 Å². The molecule has 7 heteroatoms. The number of benzene rings is 2. The molecule has 0 radical (unpaired) electrons. The molecule has 0 aliphatic rings. The number of carbonyl (C=O) groups excluding carboxylic acids is 1. The van der Waals surface area contributed by atoms with Crippen LogP contribution in [0, 0.1) is 20.8 Å². The Morgan fingerprint density at radius 1 is 1.10 bits per heavy atom. The van der Waals surface area contributed by atoms with Crippen LogP contribution in [0.4, 0.5) is 5.69 Å². The third-order valence-corrected chi connectivity index (χ3v) is 5.27. The van der Waals surface area contributed by atoms with Gasteiger partial charge in [-0.05, 0) is 50.6 Å². The van der Waals surface area contributed by atoms with E-state index in [1.54, 1.807) is 32.4 Å². The Labute approximate surface area is 175 Å². The summed E-state index contributed by atoms with van der Waals surface area (Å²) >= 11 is 6.26. The monoisotopic (exact) mass is 413 g/mol. The van der Waals surface area contributed by atoms with Crippen molar-refractivity contribution < 1.29 is 14.3 Å². The second kappa shape index (κ2) is 8.57. The van der Waals surface area contributed by atoms with Crippen molar-refractivity contribution in [3.63, 3.8) is 0 Å². The minimum Gasteiger partial charge on any atom is -0.497 e. The average Bonchev–Trinajstić information content (AvgIpc) is 2.98. The molecule has 29 heavy (non-hydrogen) atoms. The Hall–Kier alpha value is -2.99. The highest BCUT2D eigenvalue weighted by Gasteiger charge is 2.17. The molecule has 0 spiro atoms. The van der Waals surface area contributed by atoms with E-state index in [2.05, 4.69) is 10.4 Å². The van der Waals surface area contributed by atoms with E-state index < -0.39 is 0 Å². The van der Waals surface area contributed by atoms with E-state index >= 15 is 0 Å². The summed E-state index contributed by atoms with van der Waals surface area (Å²) < 4.78 is 12.4. The van der Waals surface area contributed by atoms with Crippen LogP contribution in [0.3, 0.4) is 0 Å². The molecule has 1 N–H and O–H groups in total. The van der Waals surface area contributed by atoms with E-state index in [-0.39, 0.29) is 12.3 Å². The third kappa shape index (κ3) is 4.38. The number of ether oxygens (including phenoxy) is 2. The van der Waals surface area contributed by atoms with Gasteiger partial charge in [0.1, 0.15) is 11.5 Å². The number of hydrogen-bond donors (Lipinski definition) is 1. The Bertz CT molecular complexity index is 1060. The number of anilines is 1. The molecule has 0 fully saturated rings. The van der Waals surface area contributed by atoms with Crippen LogP contribution in [-0.4, -0.2) is 29.9 Å². The molecule has 1 amide bonds. The second-order valence-corrected chi connectivity index (χ2v) is 7.19. The molecular weight excluding hydrogens is 390 g/mol. The van der Waals surface area contributed by atoms with Gasteiger partial charge < -0.3 is 14.8 Å². The van der Waals surface area contributed by atoms with Crippen LogP contribution in [0.2, 0.25) is 5.02 Å². The largest absolute Gasteiger partial charge is 0.497 e. The zero-order valence-corrected chi connectivity index (χ0v) is 17.9. The zero-order valence-electron chi connectivity index (χ0n) is 17.2. The van der Waals surface area contributed by atoms with Crippen molar-refractivity contribution >= 4 is 23.2 Å². The number of aromatic nitrogens is 2. The Morgan fingerprint density at radius 3 is 2.52 bits per heavy atom. The number of hydrogen-bond acceptors (Lipinski definition) is 4. The number of methoxy groups -OCH3 is 2. The van der Waals surface area contributed by atoms with Gasteiger partial charge in [0, 0.05) is 22.3 Å².